The maximum absolute atomic E-state index is 9.95. The molecule has 1 heterocycles. The predicted molar refractivity (Wildman–Crippen MR) is 71.0 cm³/mol. The van der Waals surface area contributed by atoms with Crippen LogP contribution in [0.2, 0.25) is 0 Å². The number of likely N-dealkylation sites (N-methyl/N-ethyl adjacent to an activating group) is 1. The lowest BCUT2D eigenvalue weighted by molar-refractivity contribution is -0.0461. The second-order valence-electron chi connectivity index (χ2n) is 5.63. The van der Waals surface area contributed by atoms with Crippen molar-refractivity contribution in [2.24, 2.45) is 0 Å². The van der Waals surface area contributed by atoms with Crippen LogP contribution in [-0.2, 0) is 4.74 Å². The summed E-state index contributed by atoms with van der Waals surface area (Å²) in [4.78, 5) is 1.94. The first-order chi connectivity index (χ1) is 8.20. The van der Waals surface area contributed by atoms with Crippen LogP contribution < -0.4 is 4.90 Å². The molecule has 0 bridgehead atoms. The summed E-state index contributed by atoms with van der Waals surface area (Å²) >= 11 is 0. The largest absolute Gasteiger partial charge is 0.389 e. The van der Waals surface area contributed by atoms with Crippen molar-refractivity contribution >= 4 is 5.69 Å². The molecular formula is C13H24N2O3. The molecule has 0 saturated heterocycles. The number of hydrogen-bond acceptors (Lipinski definition) is 5. The normalized spacial score (nSPS) is 13.7. The van der Waals surface area contributed by atoms with Crippen LogP contribution in [0, 0.1) is 13.8 Å². The van der Waals surface area contributed by atoms with Gasteiger partial charge in [-0.05, 0) is 34.6 Å². The molecule has 0 spiro atoms. The zero-order chi connectivity index (χ0) is 13.9. The summed E-state index contributed by atoms with van der Waals surface area (Å²) in [5.41, 5.74) is 1.53. The van der Waals surface area contributed by atoms with Crippen molar-refractivity contribution in [3.8, 4) is 0 Å². The number of ether oxygens (including phenoxy) is 1. The molecule has 104 valence electrons. The minimum absolute atomic E-state index is 0.234. The monoisotopic (exact) mass is 256 g/mol. The first kappa shape index (κ1) is 15.0. The summed E-state index contributed by atoms with van der Waals surface area (Å²) in [5.74, 6) is 0.763. The number of aryl methyl sites for hydroxylation is 2. The third-order valence-electron chi connectivity index (χ3n) is 2.57. The van der Waals surface area contributed by atoms with Gasteiger partial charge in [-0.25, -0.2) is 0 Å². The fourth-order valence-electron chi connectivity index (χ4n) is 1.83. The lowest BCUT2D eigenvalue weighted by Crippen LogP contribution is -2.35. The lowest BCUT2D eigenvalue weighted by atomic mass is 10.2. The van der Waals surface area contributed by atoms with Crippen LogP contribution in [0.25, 0.3) is 0 Å². The Labute approximate surface area is 109 Å². The molecule has 0 saturated carbocycles. The molecule has 5 nitrogen and oxygen atoms in total. The molecule has 0 radical (unpaired) electrons. The van der Waals surface area contributed by atoms with E-state index in [0.717, 1.165) is 17.1 Å². The number of aromatic nitrogens is 1. The van der Waals surface area contributed by atoms with Gasteiger partial charge in [-0.3, -0.25) is 0 Å². The fraction of sp³-hybridized carbons (Fsp3) is 0.769. The van der Waals surface area contributed by atoms with Crippen LogP contribution in [0.5, 0.6) is 0 Å². The summed E-state index contributed by atoms with van der Waals surface area (Å²) in [5, 5.41) is 13.8. The van der Waals surface area contributed by atoms with E-state index in [1.807, 2.05) is 46.6 Å². The molecule has 1 aromatic heterocycles. The highest BCUT2D eigenvalue weighted by atomic mass is 16.5. The molecule has 0 aliphatic rings. The van der Waals surface area contributed by atoms with E-state index >= 15 is 0 Å². The minimum Gasteiger partial charge on any atom is -0.389 e. The van der Waals surface area contributed by atoms with Gasteiger partial charge in [-0.2, -0.15) is 0 Å². The van der Waals surface area contributed by atoms with Crippen LogP contribution in [0.4, 0.5) is 5.69 Å². The van der Waals surface area contributed by atoms with Crippen molar-refractivity contribution in [2.45, 2.75) is 46.3 Å². The van der Waals surface area contributed by atoms with Crippen molar-refractivity contribution in [1.82, 2.24) is 5.16 Å². The predicted octanol–water partition coefficient (Wildman–Crippen LogP) is 1.90. The number of anilines is 1. The molecule has 1 unspecified atom stereocenters. The van der Waals surface area contributed by atoms with Crippen LogP contribution in [-0.4, -0.2) is 42.2 Å². The van der Waals surface area contributed by atoms with Gasteiger partial charge in [0.15, 0.2) is 5.76 Å². The number of hydrogen-bond donors (Lipinski definition) is 1. The van der Waals surface area contributed by atoms with Crippen LogP contribution >= 0.6 is 0 Å². The standard InChI is InChI=1S/C13H24N2O3/c1-9-12(10(2)18-14-9)15(6)7-11(16)8-17-13(3,4)5/h11,16H,7-8H2,1-6H3. The van der Waals surface area contributed by atoms with E-state index in [1.54, 1.807) is 0 Å². The SMILES string of the molecule is Cc1noc(C)c1N(C)CC(O)COC(C)(C)C. The molecule has 0 amide bonds. The fourth-order valence-corrected chi connectivity index (χ4v) is 1.83. The maximum atomic E-state index is 9.95. The highest BCUT2D eigenvalue weighted by molar-refractivity contribution is 5.52. The Bertz CT molecular complexity index is 363. The first-order valence-electron chi connectivity index (χ1n) is 6.16. The first-order valence-corrected chi connectivity index (χ1v) is 6.16. The summed E-state index contributed by atoms with van der Waals surface area (Å²) in [6.07, 6.45) is -0.539. The Morgan fingerprint density at radius 2 is 2.00 bits per heavy atom. The van der Waals surface area contributed by atoms with Crippen molar-refractivity contribution in [3.05, 3.63) is 11.5 Å². The van der Waals surface area contributed by atoms with Gasteiger partial charge in [-0.1, -0.05) is 5.16 Å². The minimum atomic E-state index is -0.539. The van der Waals surface area contributed by atoms with Crippen molar-refractivity contribution in [1.29, 1.82) is 0 Å². The van der Waals surface area contributed by atoms with Gasteiger partial charge >= 0.3 is 0 Å². The van der Waals surface area contributed by atoms with E-state index in [2.05, 4.69) is 5.16 Å². The molecule has 0 aliphatic heterocycles. The van der Waals surface area contributed by atoms with Gasteiger partial charge in [-0.15, -0.1) is 0 Å². The molecule has 0 aromatic carbocycles. The second-order valence-corrected chi connectivity index (χ2v) is 5.63. The van der Waals surface area contributed by atoms with E-state index in [4.69, 9.17) is 9.26 Å². The average Bonchev–Trinajstić information content (AvgIpc) is 2.54. The molecule has 1 N–H and O–H groups in total. The molecule has 0 fully saturated rings. The van der Waals surface area contributed by atoms with Gasteiger partial charge in [0.05, 0.1) is 18.3 Å². The van der Waals surface area contributed by atoms with Crippen molar-refractivity contribution < 1.29 is 14.4 Å². The Kier molecular flexibility index (Phi) is 4.76. The van der Waals surface area contributed by atoms with E-state index < -0.39 is 6.10 Å². The molecule has 1 rings (SSSR count). The van der Waals surface area contributed by atoms with Crippen molar-refractivity contribution in [3.63, 3.8) is 0 Å². The van der Waals surface area contributed by atoms with Gasteiger partial charge in [0.1, 0.15) is 11.4 Å². The lowest BCUT2D eigenvalue weighted by Gasteiger charge is -2.25. The molecule has 1 atom stereocenters. The van der Waals surface area contributed by atoms with Gasteiger partial charge in [0.2, 0.25) is 0 Å². The molecular weight excluding hydrogens is 232 g/mol. The van der Waals surface area contributed by atoms with Crippen LogP contribution in [0.3, 0.4) is 0 Å². The number of rotatable bonds is 5. The smallest absolute Gasteiger partial charge is 0.157 e. The molecule has 1 aromatic rings. The van der Waals surface area contributed by atoms with E-state index in [-0.39, 0.29) is 5.60 Å². The Balaban J connectivity index is 2.52. The third kappa shape index (κ3) is 4.31. The van der Waals surface area contributed by atoms with Crippen molar-refractivity contribution in [2.75, 3.05) is 25.1 Å². The topological polar surface area (TPSA) is 58.7 Å². The Morgan fingerprint density at radius 1 is 1.39 bits per heavy atom. The van der Waals surface area contributed by atoms with E-state index in [1.165, 1.54) is 0 Å². The quantitative estimate of drug-likeness (QED) is 0.872. The Hall–Kier alpha value is -1.07. The summed E-state index contributed by atoms with van der Waals surface area (Å²) in [6.45, 7) is 10.5. The van der Waals surface area contributed by atoms with Gasteiger partial charge in [0, 0.05) is 13.6 Å². The zero-order valence-corrected chi connectivity index (χ0v) is 12.1. The highest BCUT2D eigenvalue weighted by Gasteiger charge is 2.18. The summed E-state index contributed by atoms with van der Waals surface area (Å²) in [6, 6.07) is 0. The number of aliphatic hydroxyl groups excluding tert-OH is 1. The maximum Gasteiger partial charge on any atom is 0.157 e. The third-order valence-corrected chi connectivity index (χ3v) is 2.57. The van der Waals surface area contributed by atoms with E-state index in [0.29, 0.717) is 13.2 Å². The number of aliphatic hydroxyl groups is 1. The average molecular weight is 256 g/mol. The van der Waals surface area contributed by atoms with Crippen LogP contribution in [0.1, 0.15) is 32.2 Å². The zero-order valence-electron chi connectivity index (χ0n) is 12.1. The number of nitrogens with zero attached hydrogens (tertiary/aromatic N) is 2. The van der Waals surface area contributed by atoms with Gasteiger partial charge < -0.3 is 19.3 Å². The Morgan fingerprint density at radius 3 is 2.44 bits per heavy atom. The molecule has 18 heavy (non-hydrogen) atoms. The summed E-state index contributed by atoms with van der Waals surface area (Å²) in [7, 11) is 1.91. The molecule has 0 aliphatic carbocycles. The summed E-state index contributed by atoms with van der Waals surface area (Å²) < 4.78 is 10.7. The van der Waals surface area contributed by atoms with E-state index in [9.17, 15) is 5.11 Å². The highest BCUT2D eigenvalue weighted by Crippen LogP contribution is 2.22. The molecule has 5 heteroatoms. The van der Waals surface area contributed by atoms with Crippen LogP contribution in [0.15, 0.2) is 4.52 Å². The van der Waals surface area contributed by atoms with Gasteiger partial charge in [0.25, 0.3) is 0 Å². The second kappa shape index (κ2) is 5.71.